The first-order valence-electron chi connectivity index (χ1n) is 8.40. The minimum atomic E-state index is -0.168. The Labute approximate surface area is 149 Å². The van der Waals surface area contributed by atoms with Gasteiger partial charge in [0.05, 0.1) is 13.7 Å². The van der Waals surface area contributed by atoms with Crippen molar-refractivity contribution in [3.8, 4) is 11.5 Å². The fourth-order valence-electron chi connectivity index (χ4n) is 2.34. The fourth-order valence-corrected chi connectivity index (χ4v) is 2.34. The minimum absolute atomic E-state index is 0.168. The number of hydrogen-bond donors (Lipinski definition) is 1. The second-order valence-corrected chi connectivity index (χ2v) is 5.90. The number of aryl methyl sites for hydroxylation is 2. The van der Waals surface area contributed by atoms with Gasteiger partial charge in [0.1, 0.15) is 0 Å². The van der Waals surface area contributed by atoms with Gasteiger partial charge in [-0.2, -0.15) is 0 Å². The van der Waals surface area contributed by atoms with Gasteiger partial charge in [0.25, 0.3) is 0 Å². The van der Waals surface area contributed by atoms with Crippen molar-refractivity contribution in [2.45, 2.75) is 27.2 Å². The number of carbonyl (C=O) groups excluding carboxylic acids is 1. The summed E-state index contributed by atoms with van der Waals surface area (Å²) in [6, 6.07) is 11.6. The molecule has 25 heavy (non-hydrogen) atoms. The number of methoxy groups -OCH3 is 1. The first-order chi connectivity index (χ1) is 12.0. The van der Waals surface area contributed by atoms with Crippen LogP contribution in [0.1, 0.15) is 30.0 Å². The fraction of sp³-hybridized carbons (Fsp3) is 0.286. The Morgan fingerprint density at radius 2 is 1.92 bits per heavy atom. The molecule has 1 N–H and O–H groups in total. The summed E-state index contributed by atoms with van der Waals surface area (Å²) in [7, 11) is 1.61. The monoisotopic (exact) mass is 339 g/mol. The van der Waals surface area contributed by atoms with Gasteiger partial charge in [-0.1, -0.05) is 25.1 Å². The van der Waals surface area contributed by atoms with Crippen LogP contribution in [0.25, 0.3) is 6.08 Å². The summed E-state index contributed by atoms with van der Waals surface area (Å²) in [4.78, 5) is 12.2. The third-order valence-corrected chi connectivity index (χ3v) is 3.73. The summed E-state index contributed by atoms with van der Waals surface area (Å²) < 4.78 is 11.0. The maximum absolute atomic E-state index is 12.2. The van der Waals surface area contributed by atoms with Crippen LogP contribution in [0, 0.1) is 13.8 Å². The van der Waals surface area contributed by atoms with Crippen LogP contribution >= 0.6 is 0 Å². The number of ether oxygens (including phenoxy) is 2. The molecule has 0 fully saturated rings. The van der Waals surface area contributed by atoms with E-state index >= 15 is 0 Å². The Bertz CT molecular complexity index is 766. The van der Waals surface area contributed by atoms with Crippen LogP contribution in [0.15, 0.2) is 42.5 Å². The topological polar surface area (TPSA) is 47.6 Å². The highest BCUT2D eigenvalue weighted by Crippen LogP contribution is 2.28. The third kappa shape index (κ3) is 5.38. The van der Waals surface area contributed by atoms with Crippen molar-refractivity contribution >= 4 is 17.7 Å². The lowest BCUT2D eigenvalue weighted by molar-refractivity contribution is -0.111. The van der Waals surface area contributed by atoms with E-state index in [9.17, 15) is 4.79 Å². The molecule has 4 heteroatoms. The highest BCUT2D eigenvalue weighted by atomic mass is 16.5. The van der Waals surface area contributed by atoms with Gasteiger partial charge in [-0.15, -0.1) is 0 Å². The number of rotatable bonds is 7. The van der Waals surface area contributed by atoms with E-state index in [0.717, 1.165) is 28.8 Å². The normalized spacial score (nSPS) is 10.7. The van der Waals surface area contributed by atoms with E-state index in [1.165, 1.54) is 6.08 Å². The molecule has 4 nitrogen and oxygen atoms in total. The lowest BCUT2D eigenvalue weighted by Crippen LogP contribution is -2.09. The van der Waals surface area contributed by atoms with Crippen molar-refractivity contribution in [2.24, 2.45) is 0 Å². The van der Waals surface area contributed by atoms with Crippen molar-refractivity contribution < 1.29 is 14.3 Å². The first-order valence-corrected chi connectivity index (χ1v) is 8.40. The number of hydrogen-bond acceptors (Lipinski definition) is 3. The summed E-state index contributed by atoms with van der Waals surface area (Å²) in [5.41, 5.74) is 3.84. The van der Waals surface area contributed by atoms with Crippen LogP contribution in [0.4, 0.5) is 5.69 Å². The Balaban J connectivity index is 2.07. The van der Waals surface area contributed by atoms with Gasteiger partial charge in [0.2, 0.25) is 5.91 Å². The van der Waals surface area contributed by atoms with Gasteiger partial charge < -0.3 is 14.8 Å². The maximum atomic E-state index is 12.2. The van der Waals surface area contributed by atoms with E-state index in [1.807, 2.05) is 50.2 Å². The second-order valence-electron chi connectivity index (χ2n) is 5.90. The average Bonchev–Trinajstić information content (AvgIpc) is 2.61. The Morgan fingerprint density at radius 1 is 1.12 bits per heavy atom. The number of carbonyl (C=O) groups is 1. The highest BCUT2D eigenvalue weighted by molar-refractivity contribution is 6.02. The Morgan fingerprint density at radius 3 is 2.64 bits per heavy atom. The number of amides is 1. The van der Waals surface area contributed by atoms with Crippen LogP contribution in [0.5, 0.6) is 11.5 Å². The Hall–Kier alpha value is -2.75. The molecule has 0 atom stereocenters. The summed E-state index contributed by atoms with van der Waals surface area (Å²) in [6.45, 7) is 6.67. The average molecular weight is 339 g/mol. The lowest BCUT2D eigenvalue weighted by atomic mass is 10.1. The summed E-state index contributed by atoms with van der Waals surface area (Å²) in [6.07, 6.45) is 4.21. The molecule has 0 saturated carbocycles. The van der Waals surface area contributed by atoms with Gasteiger partial charge in [0, 0.05) is 11.8 Å². The quantitative estimate of drug-likeness (QED) is 0.740. The minimum Gasteiger partial charge on any atom is -0.493 e. The molecular formula is C21H25NO3. The number of anilines is 1. The smallest absolute Gasteiger partial charge is 0.248 e. The molecular weight excluding hydrogens is 314 g/mol. The van der Waals surface area contributed by atoms with Crippen LogP contribution in [-0.2, 0) is 4.79 Å². The molecule has 0 radical (unpaired) electrons. The molecule has 0 unspecified atom stereocenters. The Kier molecular flexibility index (Phi) is 6.63. The molecule has 0 aliphatic rings. The molecule has 132 valence electrons. The largest absolute Gasteiger partial charge is 0.493 e. The van der Waals surface area contributed by atoms with E-state index in [-0.39, 0.29) is 5.91 Å². The van der Waals surface area contributed by atoms with Crippen LogP contribution < -0.4 is 14.8 Å². The zero-order chi connectivity index (χ0) is 18.2. The summed E-state index contributed by atoms with van der Waals surface area (Å²) in [5.74, 6) is 1.20. The molecule has 0 aromatic heterocycles. The van der Waals surface area contributed by atoms with Crippen LogP contribution in [0.3, 0.4) is 0 Å². The van der Waals surface area contributed by atoms with Gasteiger partial charge in [-0.05, 0) is 61.2 Å². The van der Waals surface area contributed by atoms with Gasteiger partial charge in [0.15, 0.2) is 11.5 Å². The molecule has 2 aromatic carbocycles. The SMILES string of the molecule is CCCOc1ccc(/C=C/C(=O)Nc2cc(C)ccc2C)cc1OC. The predicted octanol–water partition coefficient (Wildman–Crippen LogP) is 4.75. The summed E-state index contributed by atoms with van der Waals surface area (Å²) in [5, 5.41) is 2.91. The maximum Gasteiger partial charge on any atom is 0.248 e. The zero-order valence-corrected chi connectivity index (χ0v) is 15.3. The summed E-state index contributed by atoms with van der Waals surface area (Å²) >= 11 is 0. The van der Waals surface area contributed by atoms with Crippen molar-refractivity contribution in [1.29, 1.82) is 0 Å². The van der Waals surface area contributed by atoms with E-state index in [2.05, 4.69) is 12.2 Å². The molecule has 0 aliphatic carbocycles. The van der Waals surface area contributed by atoms with Crippen molar-refractivity contribution in [1.82, 2.24) is 0 Å². The molecule has 0 bridgehead atoms. The standard InChI is InChI=1S/C21H25NO3/c1-5-12-25-19-10-8-17(14-20(19)24-4)9-11-21(23)22-18-13-15(2)6-7-16(18)3/h6-11,13-14H,5,12H2,1-4H3,(H,22,23)/b11-9+. The van der Waals surface area contributed by atoms with Gasteiger partial charge in [-0.25, -0.2) is 0 Å². The van der Waals surface area contributed by atoms with E-state index in [1.54, 1.807) is 13.2 Å². The molecule has 2 aromatic rings. The second kappa shape index (κ2) is 8.92. The number of nitrogens with one attached hydrogen (secondary N) is 1. The molecule has 2 rings (SSSR count). The number of benzene rings is 2. The molecule has 0 saturated heterocycles. The van der Waals surface area contributed by atoms with Crippen molar-refractivity contribution in [2.75, 3.05) is 19.0 Å². The van der Waals surface area contributed by atoms with Crippen molar-refractivity contribution in [3.05, 3.63) is 59.2 Å². The van der Waals surface area contributed by atoms with E-state index in [4.69, 9.17) is 9.47 Å². The molecule has 0 heterocycles. The first kappa shape index (κ1) is 18.6. The van der Waals surface area contributed by atoms with Crippen molar-refractivity contribution in [3.63, 3.8) is 0 Å². The van der Waals surface area contributed by atoms with Crippen LogP contribution in [-0.4, -0.2) is 19.6 Å². The lowest BCUT2D eigenvalue weighted by Gasteiger charge is -2.10. The van der Waals surface area contributed by atoms with E-state index < -0.39 is 0 Å². The molecule has 1 amide bonds. The molecule has 0 spiro atoms. The zero-order valence-electron chi connectivity index (χ0n) is 15.3. The van der Waals surface area contributed by atoms with Gasteiger partial charge in [-0.3, -0.25) is 4.79 Å². The molecule has 0 aliphatic heterocycles. The predicted molar refractivity (Wildman–Crippen MR) is 102 cm³/mol. The van der Waals surface area contributed by atoms with Gasteiger partial charge >= 0.3 is 0 Å². The van der Waals surface area contributed by atoms with Crippen LogP contribution in [0.2, 0.25) is 0 Å². The highest BCUT2D eigenvalue weighted by Gasteiger charge is 2.05. The third-order valence-electron chi connectivity index (χ3n) is 3.73. The van der Waals surface area contributed by atoms with E-state index in [0.29, 0.717) is 18.1 Å².